The Bertz CT molecular complexity index is 783. The third kappa shape index (κ3) is 6.31. The second-order valence-corrected chi connectivity index (χ2v) is 8.38. The van der Waals surface area contributed by atoms with Gasteiger partial charge in [-0.2, -0.15) is 0 Å². The molecule has 27 heavy (non-hydrogen) atoms. The van der Waals surface area contributed by atoms with Gasteiger partial charge in [0, 0.05) is 5.92 Å². The number of thiophene rings is 1. The third-order valence-corrected chi connectivity index (χ3v) is 5.64. The molecule has 0 bridgehead atoms. The Morgan fingerprint density at radius 3 is 2.67 bits per heavy atom. The molecule has 2 atom stereocenters. The SMILES string of the molecule is COc1cccc(CC(CC(CO)NC(=O)c2ccc(Br)s2)C(=O)NO)c1. The Labute approximate surface area is 169 Å². The van der Waals surface area contributed by atoms with E-state index in [9.17, 15) is 14.7 Å². The molecule has 0 aliphatic carbocycles. The number of ether oxygens (including phenoxy) is 1. The summed E-state index contributed by atoms with van der Waals surface area (Å²) in [6, 6.07) is 10.0. The van der Waals surface area contributed by atoms with Gasteiger partial charge in [-0.1, -0.05) is 12.1 Å². The molecule has 2 amide bonds. The molecular formula is C18H21BrN2O5S. The number of benzene rings is 1. The largest absolute Gasteiger partial charge is 0.497 e. The Balaban J connectivity index is 2.08. The van der Waals surface area contributed by atoms with Gasteiger partial charge in [-0.3, -0.25) is 14.8 Å². The van der Waals surface area contributed by atoms with Crippen LogP contribution in [0, 0.1) is 5.92 Å². The minimum Gasteiger partial charge on any atom is -0.497 e. The van der Waals surface area contributed by atoms with Gasteiger partial charge in [0.2, 0.25) is 5.91 Å². The summed E-state index contributed by atoms with van der Waals surface area (Å²) in [6.07, 6.45) is 0.485. The van der Waals surface area contributed by atoms with Crippen LogP contribution in [-0.4, -0.2) is 41.9 Å². The standard InChI is InChI=1S/C18H21BrN2O5S/c1-26-14-4-2-3-11(8-14)7-12(17(23)21-25)9-13(10-22)20-18(24)15-5-6-16(19)27-15/h2-6,8,12-13,22,25H,7,9-10H2,1H3,(H,20,24)(H,21,23). The van der Waals surface area contributed by atoms with Crippen LogP contribution < -0.4 is 15.5 Å². The highest BCUT2D eigenvalue weighted by Crippen LogP contribution is 2.23. The molecule has 2 unspecified atom stereocenters. The molecule has 0 saturated carbocycles. The molecule has 0 fully saturated rings. The van der Waals surface area contributed by atoms with Crippen LogP contribution in [0.5, 0.6) is 5.75 Å². The minimum absolute atomic E-state index is 0.165. The zero-order valence-corrected chi connectivity index (χ0v) is 17.0. The van der Waals surface area contributed by atoms with Gasteiger partial charge < -0.3 is 15.2 Å². The average Bonchev–Trinajstić information content (AvgIpc) is 3.12. The van der Waals surface area contributed by atoms with Crippen molar-refractivity contribution < 1.29 is 24.6 Å². The van der Waals surface area contributed by atoms with Crippen LogP contribution in [0.3, 0.4) is 0 Å². The molecule has 146 valence electrons. The predicted molar refractivity (Wildman–Crippen MR) is 105 cm³/mol. The van der Waals surface area contributed by atoms with Crippen molar-refractivity contribution in [2.75, 3.05) is 13.7 Å². The number of aliphatic hydroxyl groups excluding tert-OH is 1. The molecule has 4 N–H and O–H groups in total. The summed E-state index contributed by atoms with van der Waals surface area (Å²) in [6.45, 7) is -0.328. The number of amides is 2. The van der Waals surface area contributed by atoms with E-state index in [1.54, 1.807) is 36.9 Å². The van der Waals surface area contributed by atoms with Crippen molar-refractivity contribution in [2.24, 2.45) is 5.92 Å². The normalized spacial score (nSPS) is 12.9. The van der Waals surface area contributed by atoms with E-state index >= 15 is 0 Å². The molecule has 2 aromatic rings. The number of hydrogen-bond acceptors (Lipinski definition) is 6. The highest BCUT2D eigenvalue weighted by molar-refractivity contribution is 9.11. The summed E-state index contributed by atoms with van der Waals surface area (Å²) in [7, 11) is 1.55. The van der Waals surface area contributed by atoms with E-state index in [0.29, 0.717) is 17.0 Å². The third-order valence-electron chi connectivity index (χ3n) is 4.02. The molecule has 0 aliphatic rings. The second-order valence-electron chi connectivity index (χ2n) is 5.92. The Hall–Kier alpha value is -1.94. The maximum absolute atomic E-state index is 12.3. The molecule has 7 nitrogen and oxygen atoms in total. The number of carbonyl (C=O) groups excluding carboxylic acids is 2. The Morgan fingerprint density at radius 1 is 1.30 bits per heavy atom. The molecule has 2 rings (SSSR count). The van der Waals surface area contributed by atoms with Gasteiger partial charge in [0.25, 0.3) is 5.91 Å². The molecule has 9 heteroatoms. The molecule has 0 radical (unpaired) electrons. The highest BCUT2D eigenvalue weighted by Gasteiger charge is 2.25. The average molecular weight is 457 g/mol. The van der Waals surface area contributed by atoms with E-state index in [-0.39, 0.29) is 18.9 Å². The van der Waals surface area contributed by atoms with Crippen molar-refractivity contribution in [2.45, 2.75) is 18.9 Å². The quantitative estimate of drug-likeness (QED) is 0.342. The monoisotopic (exact) mass is 456 g/mol. The van der Waals surface area contributed by atoms with Crippen molar-refractivity contribution >= 4 is 39.1 Å². The Kier molecular flexibility index (Phi) is 8.23. The zero-order chi connectivity index (χ0) is 19.8. The molecular weight excluding hydrogens is 436 g/mol. The molecule has 1 aromatic heterocycles. The van der Waals surface area contributed by atoms with Gasteiger partial charge in [0.15, 0.2) is 0 Å². The van der Waals surface area contributed by atoms with E-state index in [1.807, 2.05) is 12.1 Å². The van der Waals surface area contributed by atoms with Crippen LogP contribution in [0.25, 0.3) is 0 Å². The number of halogens is 1. The van der Waals surface area contributed by atoms with Gasteiger partial charge in [-0.05, 0) is 58.6 Å². The van der Waals surface area contributed by atoms with Gasteiger partial charge in [0.1, 0.15) is 5.75 Å². The fraction of sp³-hybridized carbons (Fsp3) is 0.333. The first-order valence-corrected chi connectivity index (χ1v) is 9.81. The van der Waals surface area contributed by atoms with Crippen LogP contribution in [0.2, 0.25) is 0 Å². The fourth-order valence-corrected chi connectivity index (χ4v) is 3.96. The van der Waals surface area contributed by atoms with E-state index < -0.39 is 17.9 Å². The van der Waals surface area contributed by atoms with Crippen LogP contribution >= 0.6 is 27.3 Å². The topological polar surface area (TPSA) is 108 Å². The van der Waals surface area contributed by atoms with E-state index in [1.165, 1.54) is 11.3 Å². The molecule has 1 aromatic carbocycles. The minimum atomic E-state index is -0.644. The first kappa shape index (κ1) is 21.4. The maximum Gasteiger partial charge on any atom is 0.261 e. The number of hydroxylamine groups is 1. The first-order chi connectivity index (χ1) is 13.0. The van der Waals surface area contributed by atoms with Gasteiger partial charge in [-0.15, -0.1) is 11.3 Å². The number of aliphatic hydroxyl groups is 1. The van der Waals surface area contributed by atoms with E-state index in [4.69, 9.17) is 9.94 Å². The number of methoxy groups -OCH3 is 1. The van der Waals surface area contributed by atoms with Crippen LogP contribution in [0.1, 0.15) is 21.7 Å². The Morgan fingerprint density at radius 2 is 2.07 bits per heavy atom. The van der Waals surface area contributed by atoms with E-state index in [2.05, 4.69) is 21.2 Å². The lowest BCUT2D eigenvalue weighted by Gasteiger charge is -2.22. The van der Waals surface area contributed by atoms with Crippen LogP contribution in [0.15, 0.2) is 40.2 Å². The highest BCUT2D eigenvalue weighted by atomic mass is 79.9. The molecule has 0 saturated heterocycles. The van der Waals surface area contributed by atoms with Crippen LogP contribution in [-0.2, 0) is 11.2 Å². The second kappa shape index (κ2) is 10.4. The number of nitrogens with one attached hydrogen (secondary N) is 2. The summed E-state index contributed by atoms with van der Waals surface area (Å²) in [5.41, 5.74) is 2.50. The summed E-state index contributed by atoms with van der Waals surface area (Å²) in [5.74, 6) is -0.890. The summed E-state index contributed by atoms with van der Waals surface area (Å²) in [4.78, 5) is 24.9. The summed E-state index contributed by atoms with van der Waals surface area (Å²) < 4.78 is 6.00. The van der Waals surface area contributed by atoms with Crippen molar-refractivity contribution in [1.29, 1.82) is 0 Å². The zero-order valence-electron chi connectivity index (χ0n) is 14.6. The van der Waals surface area contributed by atoms with Crippen molar-refractivity contribution in [3.63, 3.8) is 0 Å². The van der Waals surface area contributed by atoms with Crippen molar-refractivity contribution in [3.8, 4) is 5.75 Å². The van der Waals surface area contributed by atoms with Gasteiger partial charge in [-0.25, -0.2) is 5.48 Å². The van der Waals surface area contributed by atoms with Gasteiger partial charge >= 0.3 is 0 Å². The molecule has 0 aliphatic heterocycles. The maximum atomic E-state index is 12.3. The predicted octanol–water partition coefficient (Wildman–Crippen LogP) is 2.36. The lowest BCUT2D eigenvalue weighted by atomic mass is 9.92. The van der Waals surface area contributed by atoms with Gasteiger partial charge in [0.05, 0.1) is 28.4 Å². The lowest BCUT2D eigenvalue weighted by Crippen LogP contribution is -2.41. The van der Waals surface area contributed by atoms with E-state index in [0.717, 1.165) is 9.35 Å². The molecule has 1 heterocycles. The number of carbonyl (C=O) groups is 2. The number of hydrogen-bond donors (Lipinski definition) is 4. The summed E-state index contributed by atoms with van der Waals surface area (Å²) >= 11 is 4.57. The van der Waals surface area contributed by atoms with Crippen LogP contribution in [0.4, 0.5) is 0 Å². The smallest absolute Gasteiger partial charge is 0.261 e. The molecule has 0 spiro atoms. The van der Waals surface area contributed by atoms with Crippen molar-refractivity contribution in [3.05, 3.63) is 50.6 Å². The summed E-state index contributed by atoms with van der Waals surface area (Å²) in [5, 5.41) is 21.4. The first-order valence-electron chi connectivity index (χ1n) is 8.20. The number of rotatable bonds is 9. The van der Waals surface area contributed by atoms with Crippen molar-refractivity contribution in [1.82, 2.24) is 10.8 Å². The fourth-order valence-electron chi connectivity index (χ4n) is 2.67. The lowest BCUT2D eigenvalue weighted by molar-refractivity contribution is -0.133.